The van der Waals surface area contributed by atoms with Crippen LogP contribution in [0.4, 0.5) is 0 Å². The molecule has 82 valence electrons. The molecule has 0 spiro atoms. The second kappa shape index (κ2) is 6.62. The Morgan fingerprint density at radius 3 is 2.93 bits per heavy atom. The highest BCUT2D eigenvalue weighted by molar-refractivity contribution is 8.77. The zero-order valence-electron chi connectivity index (χ0n) is 8.57. The number of hydrogen-bond donors (Lipinski definition) is 1. The van der Waals surface area contributed by atoms with Gasteiger partial charge in [0.25, 0.3) is 0 Å². The van der Waals surface area contributed by atoms with Gasteiger partial charge in [0.2, 0.25) is 0 Å². The summed E-state index contributed by atoms with van der Waals surface area (Å²) in [6, 6.07) is 0. The molecule has 2 unspecified atom stereocenters. The number of carboxylic acid groups (broad SMARTS) is 1. The Hall–Kier alpha value is 0.170. The van der Waals surface area contributed by atoms with Crippen molar-refractivity contribution >= 4 is 27.6 Å². The van der Waals surface area contributed by atoms with Gasteiger partial charge in [-0.2, -0.15) is 0 Å². The topological polar surface area (TPSA) is 37.3 Å². The fraction of sp³-hybridized carbons (Fsp3) is 0.900. The highest BCUT2D eigenvalue weighted by Crippen LogP contribution is 2.40. The lowest BCUT2D eigenvalue weighted by molar-refractivity contribution is -0.142. The van der Waals surface area contributed by atoms with Crippen molar-refractivity contribution in [3.63, 3.8) is 0 Å². The maximum atomic E-state index is 10.7. The molecular formula is C10H18O2S2. The summed E-state index contributed by atoms with van der Waals surface area (Å²) < 4.78 is 0. The van der Waals surface area contributed by atoms with E-state index >= 15 is 0 Å². The Kier molecular flexibility index (Phi) is 5.78. The van der Waals surface area contributed by atoms with Gasteiger partial charge in [-0.25, -0.2) is 0 Å². The van der Waals surface area contributed by atoms with Gasteiger partial charge in [-0.3, -0.25) is 4.79 Å². The van der Waals surface area contributed by atoms with Crippen LogP contribution in [0.5, 0.6) is 0 Å². The molecule has 1 saturated heterocycles. The lowest BCUT2D eigenvalue weighted by Gasteiger charge is -2.11. The van der Waals surface area contributed by atoms with Gasteiger partial charge in [0.05, 0.1) is 5.92 Å². The first-order valence-corrected chi connectivity index (χ1v) is 7.63. The van der Waals surface area contributed by atoms with Gasteiger partial charge >= 0.3 is 5.97 Å². The van der Waals surface area contributed by atoms with Crippen LogP contribution in [0.3, 0.4) is 0 Å². The maximum absolute atomic E-state index is 10.7. The largest absolute Gasteiger partial charge is 0.481 e. The van der Waals surface area contributed by atoms with E-state index in [1.165, 1.54) is 18.6 Å². The molecule has 4 heteroatoms. The van der Waals surface area contributed by atoms with Gasteiger partial charge in [-0.05, 0) is 25.7 Å². The molecule has 0 bridgehead atoms. The van der Waals surface area contributed by atoms with Gasteiger partial charge in [-0.15, -0.1) is 0 Å². The lowest BCUT2D eigenvalue weighted by atomic mass is 9.98. The molecule has 14 heavy (non-hydrogen) atoms. The van der Waals surface area contributed by atoms with Crippen molar-refractivity contribution in [3.8, 4) is 0 Å². The monoisotopic (exact) mass is 234 g/mol. The molecule has 2 nitrogen and oxygen atoms in total. The van der Waals surface area contributed by atoms with Crippen LogP contribution in [-0.4, -0.2) is 22.1 Å². The van der Waals surface area contributed by atoms with E-state index in [-0.39, 0.29) is 5.92 Å². The first kappa shape index (κ1) is 12.2. The average Bonchev–Trinajstić information content (AvgIpc) is 2.64. The molecule has 0 amide bonds. The predicted molar refractivity (Wildman–Crippen MR) is 63.7 cm³/mol. The number of carbonyl (C=O) groups is 1. The summed E-state index contributed by atoms with van der Waals surface area (Å²) >= 11 is 0. The number of aliphatic carboxylic acids is 1. The van der Waals surface area contributed by atoms with Gasteiger partial charge in [0.15, 0.2) is 0 Å². The molecule has 0 aromatic carbocycles. The van der Waals surface area contributed by atoms with Crippen LogP contribution in [0.25, 0.3) is 0 Å². The molecule has 2 atom stereocenters. The number of rotatable bonds is 6. The van der Waals surface area contributed by atoms with Crippen molar-refractivity contribution in [2.45, 2.75) is 44.3 Å². The maximum Gasteiger partial charge on any atom is 0.306 e. The van der Waals surface area contributed by atoms with E-state index in [1.54, 1.807) is 0 Å². The summed E-state index contributed by atoms with van der Waals surface area (Å²) in [6.45, 7) is 1.96. The predicted octanol–water partition coefficient (Wildman–Crippen LogP) is 3.42. The van der Waals surface area contributed by atoms with Crippen LogP contribution in [0, 0.1) is 5.92 Å². The Morgan fingerprint density at radius 1 is 1.64 bits per heavy atom. The molecule has 1 heterocycles. The van der Waals surface area contributed by atoms with Crippen LogP contribution in [0.1, 0.15) is 39.0 Å². The third-order valence-electron chi connectivity index (χ3n) is 2.65. The Balaban J connectivity index is 2.09. The third kappa shape index (κ3) is 4.13. The summed E-state index contributed by atoms with van der Waals surface area (Å²) in [7, 11) is 3.93. The zero-order chi connectivity index (χ0) is 10.4. The Labute approximate surface area is 93.6 Å². The van der Waals surface area contributed by atoms with E-state index < -0.39 is 5.97 Å². The molecule has 0 radical (unpaired) electrons. The zero-order valence-corrected chi connectivity index (χ0v) is 10.2. The van der Waals surface area contributed by atoms with Crippen LogP contribution in [0.15, 0.2) is 0 Å². The van der Waals surface area contributed by atoms with Crippen LogP contribution >= 0.6 is 21.6 Å². The summed E-state index contributed by atoms with van der Waals surface area (Å²) in [5, 5.41) is 9.64. The number of carboxylic acids is 1. The lowest BCUT2D eigenvalue weighted by Crippen LogP contribution is -2.13. The molecule has 1 fully saturated rings. The molecule has 0 aromatic heterocycles. The van der Waals surface area contributed by atoms with Gasteiger partial charge < -0.3 is 5.11 Å². The summed E-state index contributed by atoms with van der Waals surface area (Å²) in [5.74, 6) is 0.529. The molecule has 1 aliphatic rings. The second-order valence-corrected chi connectivity index (χ2v) is 6.49. The minimum absolute atomic E-state index is 0.117. The minimum Gasteiger partial charge on any atom is -0.481 e. The van der Waals surface area contributed by atoms with E-state index in [4.69, 9.17) is 5.11 Å². The molecule has 1 aliphatic heterocycles. The van der Waals surface area contributed by atoms with Crippen molar-refractivity contribution in [1.82, 2.24) is 0 Å². The SMILES string of the molecule is CCC(CCCC1CCSS1)C(=O)O. The van der Waals surface area contributed by atoms with Crippen molar-refractivity contribution in [2.24, 2.45) is 5.92 Å². The minimum atomic E-state index is -0.624. The van der Waals surface area contributed by atoms with E-state index in [0.29, 0.717) is 0 Å². The first-order valence-electron chi connectivity index (χ1n) is 5.25. The molecule has 1 N–H and O–H groups in total. The molecular weight excluding hydrogens is 216 g/mol. The fourth-order valence-corrected chi connectivity index (χ4v) is 4.69. The van der Waals surface area contributed by atoms with Crippen LogP contribution in [0.2, 0.25) is 0 Å². The van der Waals surface area contributed by atoms with Crippen molar-refractivity contribution in [2.75, 3.05) is 5.75 Å². The Bertz CT molecular complexity index is 179. The molecule has 1 rings (SSSR count). The summed E-state index contributed by atoms with van der Waals surface area (Å²) in [5.41, 5.74) is 0. The van der Waals surface area contributed by atoms with E-state index in [2.05, 4.69) is 0 Å². The quantitative estimate of drug-likeness (QED) is 0.715. The molecule has 0 saturated carbocycles. The smallest absolute Gasteiger partial charge is 0.306 e. The summed E-state index contributed by atoms with van der Waals surface area (Å²) in [6.07, 6.45) is 5.19. The van der Waals surface area contributed by atoms with Crippen molar-refractivity contribution < 1.29 is 9.90 Å². The Morgan fingerprint density at radius 2 is 2.43 bits per heavy atom. The first-order chi connectivity index (χ1) is 6.74. The summed E-state index contributed by atoms with van der Waals surface area (Å²) in [4.78, 5) is 10.7. The number of hydrogen-bond acceptors (Lipinski definition) is 3. The average molecular weight is 234 g/mol. The van der Waals surface area contributed by atoms with Gasteiger partial charge in [0.1, 0.15) is 0 Å². The van der Waals surface area contributed by atoms with Crippen LogP contribution in [-0.2, 0) is 4.79 Å². The van der Waals surface area contributed by atoms with Crippen molar-refractivity contribution in [1.29, 1.82) is 0 Å². The van der Waals surface area contributed by atoms with Gasteiger partial charge in [-0.1, -0.05) is 34.9 Å². The normalized spacial score (nSPS) is 23.6. The van der Waals surface area contributed by atoms with E-state index in [1.807, 2.05) is 28.5 Å². The highest BCUT2D eigenvalue weighted by Gasteiger charge is 2.18. The van der Waals surface area contributed by atoms with Gasteiger partial charge in [0, 0.05) is 11.0 Å². The van der Waals surface area contributed by atoms with E-state index in [0.717, 1.165) is 24.5 Å². The van der Waals surface area contributed by atoms with Crippen molar-refractivity contribution in [3.05, 3.63) is 0 Å². The molecule has 0 aromatic rings. The standard InChI is InChI=1S/C10H18O2S2/c1-2-8(10(11)12)4-3-5-9-6-7-13-14-9/h8-9H,2-7H2,1H3,(H,11,12). The second-order valence-electron chi connectivity index (χ2n) is 3.70. The fourth-order valence-electron chi connectivity index (χ4n) is 1.66. The van der Waals surface area contributed by atoms with E-state index in [9.17, 15) is 4.79 Å². The molecule has 0 aliphatic carbocycles. The highest BCUT2D eigenvalue weighted by atomic mass is 33.1. The third-order valence-corrected chi connectivity index (χ3v) is 5.65. The van der Waals surface area contributed by atoms with Crippen LogP contribution < -0.4 is 0 Å².